The van der Waals surface area contributed by atoms with E-state index in [-0.39, 0.29) is 11.2 Å². The molecule has 2 nitrogen and oxygen atoms in total. The van der Waals surface area contributed by atoms with E-state index in [4.69, 9.17) is 4.74 Å². The summed E-state index contributed by atoms with van der Waals surface area (Å²) in [7, 11) is 1.71. The quantitative estimate of drug-likeness (QED) is 0.757. The highest BCUT2D eigenvalue weighted by Gasteiger charge is 2.20. The van der Waals surface area contributed by atoms with E-state index < -0.39 is 0 Å². The van der Waals surface area contributed by atoms with Crippen molar-refractivity contribution in [3.63, 3.8) is 0 Å². The van der Waals surface area contributed by atoms with Crippen molar-refractivity contribution in [1.29, 1.82) is 0 Å². The zero-order valence-electron chi connectivity index (χ0n) is 12.2. The molecule has 1 aromatic carbocycles. The molecule has 0 amide bonds. The van der Waals surface area contributed by atoms with Gasteiger partial charge in [-0.1, -0.05) is 20.8 Å². The summed E-state index contributed by atoms with van der Waals surface area (Å²) in [6.07, 6.45) is 3.11. The Hall–Kier alpha value is -1.35. The van der Waals surface area contributed by atoms with Crippen molar-refractivity contribution in [3.8, 4) is 0 Å². The molecule has 104 valence electrons. The molecule has 1 aromatic heterocycles. The van der Waals surface area contributed by atoms with Crippen molar-refractivity contribution < 1.29 is 9.13 Å². The average molecular weight is 263 g/mol. The number of ether oxygens (including phenoxy) is 1. The molecule has 19 heavy (non-hydrogen) atoms. The number of methoxy groups -OCH3 is 1. The molecule has 0 N–H and O–H groups in total. The lowest BCUT2D eigenvalue weighted by Crippen LogP contribution is -2.10. The Morgan fingerprint density at radius 2 is 2.00 bits per heavy atom. The molecule has 0 spiro atoms. The number of hydrogen-bond donors (Lipinski definition) is 0. The first-order chi connectivity index (χ1) is 8.93. The molecule has 2 aromatic rings. The zero-order chi connectivity index (χ0) is 14.0. The van der Waals surface area contributed by atoms with Gasteiger partial charge in [0, 0.05) is 37.4 Å². The molecule has 0 bridgehead atoms. The van der Waals surface area contributed by atoms with Crippen LogP contribution in [0.2, 0.25) is 0 Å². The minimum atomic E-state index is -0.173. The summed E-state index contributed by atoms with van der Waals surface area (Å²) < 4.78 is 20.8. The number of benzene rings is 1. The van der Waals surface area contributed by atoms with Crippen LogP contribution in [0.25, 0.3) is 10.9 Å². The van der Waals surface area contributed by atoms with E-state index in [1.807, 2.05) is 6.07 Å². The normalized spacial score (nSPS) is 12.3. The van der Waals surface area contributed by atoms with E-state index in [1.54, 1.807) is 13.2 Å². The average Bonchev–Trinajstić information content (AvgIpc) is 2.67. The van der Waals surface area contributed by atoms with Crippen molar-refractivity contribution >= 4 is 10.9 Å². The third-order valence-corrected chi connectivity index (χ3v) is 3.40. The summed E-state index contributed by atoms with van der Waals surface area (Å²) in [5, 5.41) is 1.02. The monoisotopic (exact) mass is 263 g/mol. The summed E-state index contributed by atoms with van der Waals surface area (Å²) in [4.78, 5) is 0. The topological polar surface area (TPSA) is 14.2 Å². The molecule has 0 aliphatic heterocycles. The van der Waals surface area contributed by atoms with E-state index in [9.17, 15) is 4.39 Å². The van der Waals surface area contributed by atoms with Crippen LogP contribution in [0.5, 0.6) is 0 Å². The first kappa shape index (κ1) is 14.1. The Balaban J connectivity index is 2.47. The van der Waals surface area contributed by atoms with Gasteiger partial charge in [-0.25, -0.2) is 4.39 Å². The van der Waals surface area contributed by atoms with Gasteiger partial charge < -0.3 is 9.30 Å². The molecule has 0 saturated carbocycles. The maximum atomic E-state index is 13.5. The second-order valence-corrected chi connectivity index (χ2v) is 5.99. The molecule has 1 heterocycles. The van der Waals surface area contributed by atoms with E-state index in [0.29, 0.717) is 0 Å². The molecule has 0 saturated heterocycles. The van der Waals surface area contributed by atoms with Gasteiger partial charge in [-0.2, -0.15) is 0 Å². The maximum absolute atomic E-state index is 13.5. The molecule has 0 fully saturated rings. The lowest BCUT2D eigenvalue weighted by atomic mass is 9.87. The number of halogens is 1. The van der Waals surface area contributed by atoms with Gasteiger partial charge in [-0.3, -0.25) is 0 Å². The van der Waals surface area contributed by atoms with E-state index >= 15 is 0 Å². The van der Waals surface area contributed by atoms with Gasteiger partial charge in [-0.05, 0) is 35.6 Å². The Kier molecular flexibility index (Phi) is 3.95. The predicted octanol–water partition coefficient (Wildman–Crippen LogP) is 4.11. The first-order valence-corrected chi connectivity index (χ1v) is 6.71. The highest BCUT2D eigenvalue weighted by molar-refractivity contribution is 5.85. The first-order valence-electron chi connectivity index (χ1n) is 6.71. The zero-order valence-corrected chi connectivity index (χ0v) is 12.2. The van der Waals surface area contributed by atoms with E-state index in [2.05, 4.69) is 31.5 Å². The van der Waals surface area contributed by atoms with Crippen LogP contribution in [-0.4, -0.2) is 18.3 Å². The predicted molar refractivity (Wildman–Crippen MR) is 77.1 cm³/mol. The molecule has 0 aliphatic carbocycles. The van der Waals surface area contributed by atoms with Crippen LogP contribution >= 0.6 is 0 Å². The largest absolute Gasteiger partial charge is 0.385 e. The lowest BCUT2D eigenvalue weighted by molar-refractivity contribution is 0.190. The van der Waals surface area contributed by atoms with Crippen LogP contribution in [0.15, 0.2) is 24.4 Å². The van der Waals surface area contributed by atoms with Crippen molar-refractivity contribution in [3.05, 3.63) is 35.8 Å². The summed E-state index contributed by atoms with van der Waals surface area (Å²) in [5.74, 6) is -0.173. The van der Waals surface area contributed by atoms with Crippen molar-refractivity contribution in [1.82, 2.24) is 4.57 Å². The molecule has 0 radical (unpaired) electrons. The Bertz CT molecular complexity index is 566. The third kappa shape index (κ3) is 2.98. The molecular formula is C16H22FNO. The van der Waals surface area contributed by atoms with Crippen LogP contribution < -0.4 is 0 Å². The summed E-state index contributed by atoms with van der Waals surface area (Å²) in [6.45, 7) is 8.11. The van der Waals surface area contributed by atoms with Gasteiger partial charge >= 0.3 is 0 Å². The fraction of sp³-hybridized carbons (Fsp3) is 0.500. The minimum absolute atomic E-state index is 0.0125. The number of aromatic nitrogens is 1. The second kappa shape index (κ2) is 5.33. The highest BCUT2D eigenvalue weighted by atomic mass is 19.1. The smallest absolute Gasteiger partial charge is 0.123 e. The number of rotatable bonds is 4. The van der Waals surface area contributed by atoms with Gasteiger partial charge in [0.1, 0.15) is 5.82 Å². The SMILES string of the molecule is COCCCn1cc(C(C)(C)C)c2cc(F)ccc21. The molecule has 2 rings (SSSR count). The summed E-state index contributed by atoms with van der Waals surface area (Å²) >= 11 is 0. The maximum Gasteiger partial charge on any atom is 0.123 e. The van der Waals surface area contributed by atoms with E-state index in [0.717, 1.165) is 30.5 Å². The standard InChI is InChI=1S/C16H22FNO/c1-16(2,3)14-11-18(8-5-9-19-4)15-7-6-12(17)10-13(14)15/h6-7,10-11H,5,8-9H2,1-4H3. The third-order valence-electron chi connectivity index (χ3n) is 3.40. The van der Waals surface area contributed by atoms with Crippen molar-refractivity contribution in [2.75, 3.05) is 13.7 Å². The van der Waals surface area contributed by atoms with Crippen LogP contribution in [0, 0.1) is 5.82 Å². The van der Waals surface area contributed by atoms with Gasteiger partial charge in [0.15, 0.2) is 0 Å². The number of aryl methyl sites for hydroxylation is 1. The van der Waals surface area contributed by atoms with Crippen LogP contribution in [-0.2, 0) is 16.7 Å². The molecule has 3 heteroatoms. The Morgan fingerprint density at radius 1 is 1.26 bits per heavy atom. The molecular weight excluding hydrogens is 241 g/mol. The Labute approximate surface area is 114 Å². The van der Waals surface area contributed by atoms with Crippen LogP contribution in [0.3, 0.4) is 0 Å². The van der Waals surface area contributed by atoms with Gasteiger partial charge in [0.05, 0.1) is 0 Å². The lowest BCUT2D eigenvalue weighted by Gasteiger charge is -2.17. The molecule has 0 atom stereocenters. The highest BCUT2D eigenvalue weighted by Crippen LogP contribution is 2.32. The van der Waals surface area contributed by atoms with Crippen molar-refractivity contribution in [2.45, 2.75) is 39.2 Å². The fourth-order valence-corrected chi connectivity index (χ4v) is 2.43. The second-order valence-electron chi connectivity index (χ2n) is 5.99. The molecule has 0 aliphatic rings. The Morgan fingerprint density at radius 3 is 2.63 bits per heavy atom. The number of hydrogen-bond acceptors (Lipinski definition) is 1. The van der Waals surface area contributed by atoms with Crippen molar-refractivity contribution in [2.24, 2.45) is 0 Å². The van der Waals surface area contributed by atoms with Gasteiger partial charge in [0.2, 0.25) is 0 Å². The van der Waals surface area contributed by atoms with Gasteiger partial charge in [-0.15, -0.1) is 0 Å². The van der Waals surface area contributed by atoms with Crippen LogP contribution in [0.1, 0.15) is 32.8 Å². The van der Waals surface area contributed by atoms with E-state index in [1.165, 1.54) is 11.6 Å². The number of nitrogens with zero attached hydrogens (tertiary/aromatic N) is 1. The molecule has 0 unspecified atom stereocenters. The van der Waals surface area contributed by atoms with Crippen LogP contribution in [0.4, 0.5) is 4.39 Å². The fourth-order valence-electron chi connectivity index (χ4n) is 2.43. The van der Waals surface area contributed by atoms with Gasteiger partial charge in [0.25, 0.3) is 0 Å². The summed E-state index contributed by atoms with van der Waals surface area (Å²) in [5.41, 5.74) is 2.31. The number of fused-ring (bicyclic) bond motifs is 1. The summed E-state index contributed by atoms with van der Waals surface area (Å²) in [6, 6.07) is 5.04. The minimum Gasteiger partial charge on any atom is -0.385 e.